The number of hydrogen-bond acceptors (Lipinski definition) is 15. The van der Waals surface area contributed by atoms with Crippen LogP contribution in [-0.4, -0.2) is 44.9 Å². The Labute approximate surface area is 863 Å². The lowest BCUT2D eigenvalue weighted by molar-refractivity contribution is 0.659. The van der Waals surface area contributed by atoms with Crippen LogP contribution >= 0.6 is 23.5 Å². The van der Waals surface area contributed by atoms with Crippen molar-refractivity contribution in [2.45, 2.75) is 77.4 Å². The Morgan fingerprint density at radius 2 is 0.395 bits per heavy atom. The van der Waals surface area contributed by atoms with Crippen LogP contribution < -0.4 is 19.6 Å². The molecule has 0 N–H and O–H groups in total. The van der Waals surface area contributed by atoms with Crippen molar-refractivity contribution in [1.29, 1.82) is 0 Å². The molecule has 6 aliphatic rings. The quantitative estimate of drug-likeness (QED) is 0.108. The van der Waals surface area contributed by atoms with Crippen LogP contribution in [0.5, 0.6) is 0 Å². The summed E-state index contributed by atoms with van der Waals surface area (Å²) in [5, 5.41) is 0. The number of aromatic nitrogens is 9. The van der Waals surface area contributed by atoms with Crippen molar-refractivity contribution in [3.63, 3.8) is 0 Å². The summed E-state index contributed by atoms with van der Waals surface area (Å²) in [5.41, 5.74) is 37.8. The highest BCUT2D eigenvalue weighted by molar-refractivity contribution is 8.00. The molecule has 19 aromatic carbocycles. The maximum absolute atomic E-state index is 5.10. The topological polar surface area (TPSA) is 129 Å². The lowest BCUT2D eigenvalue weighted by Crippen LogP contribution is -2.25. The van der Waals surface area contributed by atoms with Gasteiger partial charge in [0, 0.05) is 125 Å². The van der Waals surface area contributed by atoms with Crippen LogP contribution in [0.3, 0.4) is 0 Å². The maximum Gasteiger partial charge on any atom is 0.164 e. The summed E-state index contributed by atoms with van der Waals surface area (Å²) in [7, 11) is 0. The molecule has 700 valence electrons. The van der Waals surface area contributed by atoms with Crippen LogP contribution in [0.2, 0.25) is 0 Å². The highest BCUT2D eigenvalue weighted by Gasteiger charge is 2.46. The smallest absolute Gasteiger partial charge is 0.164 e. The molecule has 0 fully saturated rings. The molecular weight excluding hydrogens is 1830 g/mol. The Kier molecular flexibility index (Phi) is 22.2. The molecule has 6 heterocycles. The van der Waals surface area contributed by atoms with Gasteiger partial charge in [-0.1, -0.05) is 411 Å². The largest absolute Gasteiger partial charge is 0.308 e. The Bertz CT molecular complexity index is 8370. The third-order valence-electron chi connectivity index (χ3n) is 29.2. The Morgan fingerprint density at radius 3 is 0.701 bits per heavy atom. The molecule has 147 heavy (non-hydrogen) atoms. The number of nitrogens with zero attached hydrogens (tertiary/aromatic N) is 13. The number of hydrogen-bond donors (Lipinski definition) is 0. The van der Waals surface area contributed by atoms with Gasteiger partial charge in [0.2, 0.25) is 0 Å². The Balaban J connectivity index is 0.000000112. The van der Waals surface area contributed by atoms with E-state index in [2.05, 4.69) is 346 Å². The van der Waals surface area contributed by atoms with Gasteiger partial charge in [0.1, 0.15) is 0 Å². The lowest BCUT2D eigenvalue weighted by atomic mass is 9.82. The highest BCUT2D eigenvalue weighted by atomic mass is 32.2. The molecule has 28 rings (SSSR count). The van der Waals surface area contributed by atoms with Gasteiger partial charge in [0.05, 0.1) is 45.5 Å². The van der Waals surface area contributed by atoms with Gasteiger partial charge in [-0.15, -0.1) is 0 Å². The lowest BCUT2D eigenvalue weighted by Gasteiger charge is -2.42. The molecule has 3 aromatic heterocycles. The third-order valence-corrected chi connectivity index (χ3v) is 31.6. The van der Waals surface area contributed by atoms with Crippen molar-refractivity contribution in [3.8, 4) is 136 Å². The number of anilines is 12. The predicted molar refractivity (Wildman–Crippen MR) is 602 cm³/mol. The Hall–Kier alpha value is -17.9. The molecule has 0 saturated carbocycles. The molecule has 0 unspecified atom stereocenters. The van der Waals surface area contributed by atoms with Gasteiger partial charge >= 0.3 is 0 Å². The van der Waals surface area contributed by atoms with E-state index in [1.54, 1.807) is 0 Å². The molecule has 0 bridgehead atoms. The number of fused-ring (bicyclic) bond motifs is 18. The first kappa shape index (κ1) is 89.2. The summed E-state index contributed by atoms with van der Waals surface area (Å²) in [6, 6.07) is 164. The monoisotopic (exact) mass is 1930 g/mol. The number of para-hydroxylation sites is 4. The fourth-order valence-corrected chi connectivity index (χ4v) is 24.4. The third kappa shape index (κ3) is 15.6. The summed E-state index contributed by atoms with van der Waals surface area (Å²) in [5.74, 6) is 5.82. The van der Waals surface area contributed by atoms with E-state index in [9.17, 15) is 0 Å². The fraction of sp³-hybridized carbons (Fsp3) is 0.0682. The van der Waals surface area contributed by atoms with Gasteiger partial charge in [-0.25, -0.2) is 44.9 Å². The molecule has 0 atom stereocenters. The van der Waals surface area contributed by atoms with Gasteiger partial charge in [0.15, 0.2) is 52.4 Å². The van der Waals surface area contributed by atoms with Gasteiger partial charge in [-0.3, -0.25) is 0 Å². The zero-order valence-corrected chi connectivity index (χ0v) is 83.2. The minimum atomic E-state index is -0.142. The molecule has 0 spiro atoms. The van der Waals surface area contributed by atoms with Crippen molar-refractivity contribution < 1.29 is 0 Å². The molecule has 0 amide bonds. The van der Waals surface area contributed by atoms with Crippen molar-refractivity contribution in [2.24, 2.45) is 0 Å². The first-order valence-corrected chi connectivity index (χ1v) is 51.4. The second-order valence-electron chi connectivity index (χ2n) is 39.1. The predicted octanol–water partition coefficient (Wildman–Crippen LogP) is 34.7. The van der Waals surface area contributed by atoms with Crippen LogP contribution in [0.15, 0.2) is 487 Å². The molecule has 15 heteroatoms. The van der Waals surface area contributed by atoms with Crippen LogP contribution in [-0.2, 0) is 16.2 Å². The average molecular weight is 1930 g/mol. The minimum Gasteiger partial charge on any atom is -0.308 e. The molecule has 3 aliphatic heterocycles. The number of benzene rings is 19. The van der Waals surface area contributed by atoms with E-state index in [-0.39, 0.29) is 16.2 Å². The molecule has 22 aromatic rings. The zero-order chi connectivity index (χ0) is 98.6. The molecular formula is C132H95N13S2. The first-order chi connectivity index (χ1) is 72.2. The second-order valence-corrected chi connectivity index (χ2v) is 41.2. The van der Waals surface area contributed by atoms with E-state index in [1.807, 2.05) is 206 Å². The molecule has 0 saturated heterocycles. The van der Waals surface area contributed by atoms with Gasteiger partial charge < -0.3 is 19.6 Å². The number of rotatable bonds is 13. The minimum absolute atomic E-state index is 0.0607. The van der Waals surface area contributed by atoms with Crippen LogP contribution in [0, 0.1) is 0 Å². The SMILES string of the molecule is CC1(C)c2ccccc2-c2c1ccc1c2N(c2ccccc2)c2ccc(-c3nc(-c4ccccc4)nc(-c4ccccc4)n3)cc2N1c1ccccc1.CC1(C)c2ccccc2-c2c1ccc1c2Sc2ccc(-c3nc(-c4ccccc4)nc(-c4ccccc4)n3)cc2N1c1ccccc1.CC1(C)c2ccccc2-c2c1ccc1c2Sc2ccc(-c3nc(-c4ccccc4)nc(-c4ccccc4)n3)cc2N1c1ccccc1. The van der Waals surface area contributed by atoms with Crippen molar-refractivity contribution >= 4 is 91.8 Å². The van der Waals surface area contributed by atoms with Gasteiger partial charge in [-0.05, 0) is 171 Å². The first-order valence-electron chi connectivity index (χ1n) is 49.8. The van der Waals surface area contributed by atoms with Gasteiger partial charge in [0.25, 0.3) is 0 Å². The van der Waals surface area contributed by atoms with Crippen LogP contribution in [0.25, 0.3) is 136 Å². The molecule has 13 nitrogen and oxygen atoms in total. The van der Waals surface area contributed by atoms with Crippen molar-refractivity contribution in [2.75, 3.05) is 19.6 Å². The standard InChI is InChI=1S/C48H35N5.2C42H30N4S/c1-48(2)38-26-16-15-25-37(38)43-39(48)28-30-41-44(43)53(36-23-13-6-14-24-36)40-29-27-34(31-42(40)52(41)35-21-11-5-12-22-35)47-50-45(32-17-7-3-8-18-32)49-46(51-47)33-19-9-4-10-20-33;2*1-42(2)32-21-13-12-20-31(32)37-33(42)23-24-34-38(37)47-36-25-22-29(26-35(36)46(34)30-18-10-5-11-19-30)41-44-39(27-14-6-3-7-15-27)43-40(45-41)28-16-8-4-9-17-28/h3-31H,1-2H3;2*3-26H,1-2H3. The molecule has 3 aliphatic carbocycles. The van der Waals surface area contributed by atoms with Crippen molar-refractivity contribution in [1.82, 2.24) is 44.9 Å². The van der Waals surface area contributed by atoms with Crippen LogP contribution in [0.4, 0.5) is 68.2 Å². The van der Waals surface area contributed by atoms with E-state index < -0.39 is 0 Å². The van der Waals surface area contributed by atoms with E-state index in [1.165, 1.54) is 103 Å². The summed E-state index contributed by atoms with van der Waals surface area (Å²) < 4.78 is 0. The maximum atomic E-state index is 5.10. The Morgan fingerprint density at radius 1 is 0.170 bits per heavy atom. The average Bonchev–Trinajstić information content (AvgIpc) is 1.58. The van der Waals surface area contributed by atoms with Crippen LogP contribution in [0.1, 0.15) is 74.9 Å². The highest BCUT2D eigenvalue weighted by Crippen LogP contribution is 2.66. The second kappa shape index (κ2) is 36.5. The normalized spacial score (nSPS) is 13.7. The fourth-order valence-electron chi connectivity index (χ4n) is 22.1. The van der Waals surface area contributed by atoms with E-state index in [0.29, 0.717) is 52.4 Å². The van der Waals surface area contributed by atoms with E-state index in [0.717, 1.165) is 101 Å². The summed E-state index contributed by atoms with van der Waals surface area (Å²) in [6.45, 7) is 14.1. The zero-order valence-electron chi connectivity index (χ0n) is 81.6. The molecule has 0 radical (unpaired) electrons. The summed E-state index contributed by atoms with van der Waals surface area (Å²) in [4.78, 5) is 59.7. The van der Waals surface area contributed by atoms with Gasteiger partial charge in [-0.2, -0.15) is 0 Å². The van der Waals surface area contributed by atoms with E-state index >= 15 is 0 Å². The summed E-state index contributed by atoms with van der Waals surface area (Å²) >= 11 is 3.72. The van der Waals surface area contributed by atoms with E-state index in [4.69, 9.17) is 44.9 Å². The van der Waals surface area contributed by atoms with Crippen molar-refractivity contribution in [3.05, 3.63) is 500 Å². The summed E-state index contributed by atoms with van der Waals surface area (Å²) in [6.07, 6.45) is 0.